The molecule has 28 heavy (non-hydrogen) atoms. The second kappa shape index (κ2) is 9.58. The molecule has 3 fully saturated rings. The smallest absolute Gasteiger partial charge is 0.317 e. The lowest BCUT2D eigenvalue weighted by Gasteiger charge is -2.43. The summed E-state index contributed by atoms with van der Waals surface area (Å²) in [6, 6.07) is -0.125. The molecular formula is C20H34N4O4. The van der Waals surface area contributed by atoms with Crippen LogP contribution in [0.2, 0.25) is 0 Å². The third kappa shape index (κ3) is 5.16. The van der Waals surface area contributed by atoms with E-state index < -0.39 is 12.0 Å². The van der Waals surface area contributed by atoms with Crippen molar-refractivity contribution < 1.29 is 19.5 Å². The Labute approximate surface area is 167 Å². The molecule has 158 valence electrons. The van der Waals surface area contributed by atoms with Gasteiger partial charge in [0.25, 0.3) is 0 Å². The number of hydrogen-bond donors (Lipinski definition) is 3. The van der Waals surface area contributed by atoms with Crippen molar-refractivity contribution in [2.75, 3.05) is 19.6 Å². The summed E-state index contributed by atoms with van der Waals surface area (Å²) < 4.78 is 0. The van der Waals surface area contributed by atoms with Crippen LogP contribution in [0, 0.1) is 0 Å². The molecule has 0 bridgehead atoms. The van der Waals surface area contributed by atoms with Crippen molar-refractivity contribution >= 4 is 17.9 Å². The van der Waals surface area contributed by atoms with Gasteiger partial charge in [-0.15, -0.1) is 0 Å². The van der Waals surface area contributed by atoms with Crippen LogP contribution in [0.3, 0.4) is 0 Å². The standard InChI is InChI=1S/C20H34N4O4/c1-2-23(13-18(25)26)16-11-14(12-16)21-20(28)22-17-9-6-10-24(19(17)27)15-7-4-3-5-8-15/h14-17H,2-13H2,1H3,(H,25,26)(H2,21,22,28). The van der Waals surface area contributed by atoms with Crippen molar-refractivity contribution in [1.82, 2.24) is 20.4 Å². The van der Waals surface area contributed by atoms with E-state index in [4.69, 9.17) is 5.11 Å². The molecule has 3 amide bonds. The van der Waals surface area contributed by atoms with Crippen LogP contribution in [0.1, 0.15) is 64.7 Å². The van der Waals surface area contributed by atoms with E-state index in [1.165, 1.54) is 19.3 Å². The number of carbonyl (C=O) groups is 3. The number of likely N-dealkylation sites (tertiary alicyclic amines) is 1. The Hall–Kier alpha value is -1.83. The van der Waals surface area contributed by atoms with Gasteiger partial charge in [-0.05, 0) is 45.1 Å². The molecule has 1 unspecified atom stereocenters. The van der Waals surface area contributed by atoms with Gasteiger partial charge >= 0.3 is 12.0 Å². The molecule has 0 aromatic heterocycles. The Balaban J connectivity index is 1.42. The Morgan fingerprint density at radius 2 is 1.82 bits per heavy atom. The van der Waals surface area contributed by atoms with Crippen LogP contribution in [0.15, 0.2) is 0 Å². The summed E-state index contributed by atoms with van der Waals surface area (Å²) in [6.45, 7) is 3.48. The van der Waals surface area contributed by atoms with Crippen molar-refractivity contribution in [2.45, 2.75) is 88.9 Å². The van der Waals surface area contributed by atoms with Crippen LogP contribution in [-0.2, 0) is 9.59 Å². The first kappa shape index (κ1) is 20.9. The van der Waals surface area contributed by atoms with Gasteiger partial charge in [-0.25, -0.2) is 4.79 Å². The summed E-state index contributed by atoms with van der Waals surface area (Å²) in [5.74, 6) is -0.757. The fourth-order valence-corrected chi connectivity index (χ4v) is 4.85. The quantitative estimate of drug-likeness (QED) is 0.608. The number of urea groups is 1. The van der Waals surface area contributed by atoms with Gasteiger partial charge in [-0.1, -0.05) is 26.2 Å². The molecule has 2 aliphatic carbocycles. The zero-order chi connectivity index (χ0) is 20.1. The summed E-state index contributed by atoms with van der Waals surface area (Å²) in [6.07, 6.45) is 8.93. The first-order valence-corrected chi connectivity index (χ1v) is 10.8. The zero-order valence-electron chi connectivity index (χ0n) is 16.9. The minimum Gasteiger partial charge on any atom is -0.480 e. The van der Waals surface area contributed by atoms with Crippen molar-refractivity contribution in [3.05, 3.63) is 0 Å². The van der Waals surface area contributed by atoms with Crippen molar-refractivity contribution in [3.8, 4) is 0 Å². The van der Waals surface area contributed by atoms with Crippen molar-refractivity contribution in [2.24, 2.45) is 0 Å². The van der Waals surface area contributed by atoms with Gasteiger partial charge in [0.1, 0.15) is 6.04 Å². The number of piperidine rings is 1. The van der Waals surface area contributed by atoms with E-state index in [0.717, 1.165) is 38.6 Å². The highest BCUT2D eigenvalue weighted by molar-refractivity contribution is 5.88. The van der Waals surface area contributed by atoms with Crippen LogP contribution in [0.25, 0.3) is 0 Å². The first-order chi connectivity index (χ1) is 13.5. The lowest BCUT2D eigenvalue weighted by Crippen LogP contribution is -2.60. The summed E-state index contributed by atoms with van der Waals surface area (Å²) >= 11 is 0. The molecule has 0 aromatic rings. The number of nitrogens with one attached hydrogen (secondary N) is 2. The van der Waals surface area contributed by atoms with Crippen molar-refractivity contribution in [3.63, 3.8) is 0 Å². The highest BCUT2D eigenvalue weighted by Gasteiger charge is 2.37. The Morgan fingerprint density at radius 3 is 2.46 bits per heavy atom. The maximum absolute atomic E-state index is 12.8. The molecule has 0 spiro atoms. The summed E-state index contributed by atoms with van der Waals surface area (Å²) in [7, 11) is 0. The minimum atomic E-state index is -0.825. The van der Waals surface area contributed by atoms with Crippen LogP contribution >= 0.6 is 0 Å². The van der Waals surface area contributed by atoms with Gasteiger partial charge < -0.3 is 20.6 Å². The van der Waals surface area contributed by atoms with E-state index in [1.54, 1.807) is 0 Å². The molecule has 8 heteroatoms. The van der Waals surface area contributed by atoms with E-state index in [2.05, 4.69) is 10.6 Å². The number of likely N-dealkylation sites (N-methyl/N-ethyl adjacent to an activating group) is 1. The van der Waals surface area contributed by atoms with Gasteiger partial charge in [0.15, 0.2) is 0 Å². The maximum atomic E-state index is 12.8. The first-order valence-electron chi connectivity index (χ1n) is 10.8. The predicted molar refractivity (Wildman–Crippen MR) is 105 cm³/mol. The van der Waals surface area contributed by atoms with Crippen LogP contribution in [0.4, 0.5) is 4.79 Å². The number of carboxylic acids is 1. The van der Waals surface area contributed by atoms with Gasteiger partial charge in [0, 0.05) is 24.7 Å². The molecule has 8 nitrogen and oxygen atoms in total. The molecule has 1 heterocycles. The lowest BCUT2D eigenvalue weighted by molar-refractivity contribution is -0.140. The number of nitrogens with zero attached hydrogens (tertiary/aromatic N) is 2. The molecule has 0 radical (unpaired) electrons. The van der Waals surface area contributed by atoms with E-state index in [-0.39, 0.29) is 30.6 Å². The van der Waals surface area contributed by atoms with Gasteiger partial charge in [-0.3, -0.25) is 14.5 Å². The van der Waals surface area contributed by atoms with Gasteiger partial charge in [0.05, 0.1) is 6.54 Å². The molecule has 3 N–H and O–H groups in total. The number of rotatable bonds is 7. The fraction of sp³-hybridized carbons (Fsp3) is 0.850. The Bertz CT molecular complexity index is 573. The summed E-state index contributed by atoms with van der Waals surface area (Å²) in [5, 5.41) is 14.8. The van der Waals surface area contributed by atoms with Crippen LogP contribution in [0.5, 0.6) is 0 Å². The van der Waals surface area contributed by atoms with Gasteiger partial charge in [0.2, 0.25) is 5.91 Å². The largest absolute Gasteiger partial charge is 0.480 e. The molecule has 1 aliphatic heterocycles. The second-order valence-corrected chi connectivity index (χ2v) is 8.42. The molecular weight excluding hydrogens is 360 g/mol. The third-order valence-corrected chi connectivity index (χ3v) is 6.50. The fourth-order valence-electron chi connectivity index (χ4n) is 4.85. The normalized spacial score (nSPS) is 28.7. The van der Waals surface area contributed by atoms with Crippen LogP contribution < -0.4 is 10.6 Å². The second-order valence-electron chi connectivity index (χ2n) is 8.42. The number of carbonyl (C=O) groups excluding carboxylic acids is 2. The highest BCUT2D eigenvalue weighted by atomic mass is 16.4. The molecule has 0 aromatic carbocycles. The van der Waals surface area contributed by atoms with E-state index in [9.17, 15) is 14.4 Å². The molecule has 2 saturated carbocycles. The van der Waals surface area contributed by atoms with Gasteiger partial charge in [-0.2, -0.15) is 0 Å². The SMILES string of the molecule is CCN(CC(=O)O)C1CC(NC(=O)NC2CCCN(C3CCCCC3)C2=O)C1. The van der Waals surface area contributed by atoms with E-state index in [1.807, 2.05) is 16.7 Å². The monoisotopic (exact) mass is 394 g/mol. The number of hydrogen-bond acceptors (Lipinski definition) is 4. The average molecular weight is 395 g/mol. The predicted octanol–water partition coefficient (Wildman–Crippen LogP) is 1.55. The number of amides is 3. The average Bonchev–Trinajstić information content (AvgIpc) is 2.65. The minimum absolute atomic E-state index is 0.0354. The lowest BCUT2D eigenvalue weighted by atomic mass is 9.85. The van der Waals surface area contributed by atoms with E-state index in [0.29, 0.717) is 19.0 Å². The Kier molecular flexibility index (Phi) is 7.15. The molecule has 1 saturated heterocycles. The third-order valence-electron chi connectivity index (χ3n) is 6.50. The van der Waals surface area contributed by atoms with E-state index >= 15 is 0 Å². The number of carboxylic acid groups (broad SMARTS) is 1. The maximum Gasteiger partial charge on any atom is 0.317 e. The summed E-state index contributed by atoms with van der Waals surface area (Å²) in [5.41, 5.74) is 0. The molecule has 3 rings (SSSR count). The van der Waals surface area contributed by atoms with Crippen molar-refractivity contribution in [1.29, 1.82) is 0 Å². The molecule has 3 aliphatic rings. The highest BCUT2D eigenvalue weighted by Crippen LogP contribution is 2.27. The van der Waals surface area contributed by atoms with Crippen LogP contribution in [-0.4, -0.2) is 76.6 Å². The topological polar surface area (TPSA) is 102 Å². The zero-order valence-corrected chi connectivity index (χ0v) is 16.9. The molecule has 1 atom stereocenters. The number of aliphatic carboxylic acids is 1. The Morgan fingerprint density at radius 1 is 1.11 bits per heavy atom. The summed E-state index contributed by atoms with van der Waals surface area (Å²) in [4.78, 5) is 40.0.